The zero-order valence-electron chi connectivity index (χ0n) is 23.8. The molecular formula is C30H36N6O8. The molecule has 10 N–H and O–H groups in total. The molecule has 4 unspecified atom stereocenters. The molecule has 0 saturated heterocycles. The van der Waals surface area contributed by atoms with E-state index in [1.807, 2.05) is 12.1 Å². The number of amides is 4. The van der Waals surface area contributed by atoms with Crippen LogP contribution < -0.4 is 27.4 Å². The summed E-state index contributed by atoms with van der Waals surface area (Å²) in [7, 11) is 0. The Morgan fingerprint density at radius 1 is 0.727 bits per heavy atom. The van der Waals surface area contributed by atoms with Gasteiger partial charge in [-0.3, -0.25) is 24.0 Å². The summed E-state index contributed by atoms with van der Waals surface area (Å²) >= 11 is 0. The number of nitrogens with one attached hydrogen (secondary N) is 4. The zero-order chi connectivity index (χ0) is 32.2. The molecule has 44 heavy (non-hydrogen) atoms. The van der Waals surface area contributed by atoms with Crippen LogP contribution in [0.1, 0.15) is 36.8 Å². The lowest BCUT2D eigenvalue weighted by atomic mass is 10.0. The predicted molar refractivity (Wildman–Crippen MR) is 159 cm³/mol. The number of carbonyl (C=O) groups excluding carboxylic acids is 4. The molecule has 0 fully saturated rings. The van der Waals surface area contributed by atoms with Crippen molar-refractivity contribution in [2.45, 2.75) is 62.7 Å². The molecule has 0 bridgehead atoms. The lowest BCUT2D eigenvalue weighted by molar-refractivity contribution is -0.142. The van der Waals surface area contributed by atoms with Gasteiger partial charge in [0, 0.05) is 36.4 Å². The van der Waals surface area contributed by atoms with E-state index in [9.17, 15) is 39.0 Å². The highest BCUT2D eigenvalue weighted by molar-refractivity contribution is 5.95. The second kappa shape index (κ2) is 15.8. The zero-order valence-corrected chi connectivity index (χ0v) is 23.8. The molecule has 0 spiro atoms. The van der Waals surface area contributed by atoms with E-state index < -0.39 is 66.2 Å². The van der Waals surface area contributed by atoms with Crippen molar-refractivity contribution < 1.29 is 39.0 Å². The first kappa shape index (κ1) is 33.3. The normalized spacial score (nSPS) is 13.7. The van der Waals surface area contributed by atoms with Gasteiger partial charge >= 0.3 is 11.9 Å². The number of carboxylic acid groups (broad SMARTS) is 2. The van der Waals surface area contributed by atoms with Crippen LogP contribution in [0.25, 0.3) is 10.9 Å². The SMILES string of the molecule is NC(=O)CCC(NC(=O)C(CCC(=O)O)NC(=O)C(N)Cc1ccccc1)C(=O)NC(Cc1c[nH]c2ccccc12)C(=O)O. The van der Waals surface area contributed by atoms with Crippen molar-refractivity contribution in [1.82, 2.24) is 20.9 Å². The van der Waals surface area contributed by atoms with Gasteiger partial charge in [0.15, 0.2) is 0 Å². The van der Waals surface area contributed by atoms with Gasteiger partial charge in [0.05, 0.1) is 6.04 Å². The number of hydrogen-bond acceptors (Lipinski definition) is 7. The number of aromatic nitrogens is 1. The molecule has 0 saturated carbocycles. The molecule has 2 aromatic carbocycles. The molecule has 1 heterocycles. The van der Waals surface area contributed by atoms with Gasteiger partial charge in [-0.2, -0.15) is 0 Å². The highest BCUT2D eigenvalue weighted by atomic mass is 16.4. The monoisotopic (exact) mass is 608 g/mol. The number of primary amides is 1. The number of benzene rings is 2. The number of fused-ring (bicyclic) bond motifs is 1. The Kier molecular flexibility index (Phi) is 12.0. The van der Waals surface area contributed by atoms with Crippen molar-refractivity contribution in [3.05, 3.63) is 71.9 Å². The second-order valence-electron chi connectivity index (χ2n) is 10.3. The number of aromatic amines is 1. The van der Waals surface area contributed by atoms with Crippen molar-refractivity contribution in [3.8, 4) is 0 Å². The number of aliphatic carboxylic acids is 2. The molecule has 0 aliphatic rings. The molecule has 4 atom stereocenters. The van der Waals surface area contributed by atoms with E-state index in [0.717, 1.165) is 16.5 Å². The number of rotatable bonds is 17. The maximum absolute atomic E-state index is 13.3. The summed E-state index contributed by atoms with van der Waals surface area (Å²) in [4.78, 5) is 77.3. The molecular weight excluding hydrogens is 572 g/mol. The van der Waals surface area contributed by atoms with Crippen molar-refractivity contribution in [1.29, 1.82) is 0 Å². The Morgan fingerprint density at radius 3 is 1.91 bits per heavy atom. The molecule has 14 heteroatoms. The molecule has 0 aliphatic carbocycles. The summed E-state index contributed by atoms with van der Waals surface area (Å²) < 4.78 is 0. The third kappa shape index (κ3) is 9.94. The Bertz CT molecular complexity index is 1490. The van der Waals surface area contributed by atoms with Crippen LogP contribution in [0, 0.1) is 0 Å². The number of carbonyl (C=O) groups is 6. The summed E-state index contributed by atoms with van der Waals surface area (Å²) in [5, 5.41) is 27.1. The fraction of sp³-hybridized carbons (Fsp3) is 0.333. The minimum absolute atomic E-state index is 0.0851. The van der Waals surface area contributed by atoms with E-state index >= 15 is 0 Å². The Hall–Kier alpha value is -5.24. The summed E-state index contributed by atoms with van der Waals surface area (Å²) in [6.45, 7) is 0. The van der Waals surface area contributed by atoms with Crippen molar-refractivity contribution in [2.24, 2.45) is 11.5 Å². The average Bonchev–Trinajstić information content (AvgIpc) is 3.39. The van der Waals surface area contributed by atoms with Gasteiger partial charge in [0.25, 0.3) is 0 Å². The van der Waals surface area contributed by atoms with Gasteiger partial charge in [-0.05, 0) is 36.5 Å². The second-order valence-corrected chi connectivity index (χ2v) is 10.3. The highest BCUT2D eigenvalue weighted by Gasteiger charge is 2.31. The molecule has 14 nitrogen and oxygen atoms in total. The molecule has 1 aromatic heterocycles. The minimum atomic E-state index is -1.43. The summed E-state index contributed by atoms with van der Waals surface area (Å²) in [6, 6.07) is 10.8. The highest BCUT2D eigenvalue weighted by Crippen LogP contribution is 2.19. The van der Waals surface area contributed by atoms with Gasteiger partial charge < -0.3 is 42.6 Å². The maximum atomic E-state index is 13.3. The fourth-order valence-corrected chi connectivity index (χ4v) is 4.60. The van der Waals surface area contributed by atoms with Crippen LogP contribution in [0.5, 0.6) is 0 Å². The minimum Gasteiger partial charge on any atom is -0.481 e. The largest absolute Gasteiger partial charge is 0.481 e. The first-order chi connectivity index (χ1) is 20.9. The Labute approximate surface area is 252 Å². The third-order valence-electron chi connectivity index (χ3n) is 6.94. The quantitative estimate of drug-likeness (QED) is 0.102. The van der Waals surface area contributed by atoms with Crippen LogP contribution >= 0.6 is 0 Å². The number of para-hydroxylation sites is 1. The van der Waals surface area contributed by atoms with Crippen LogP contribution in [-0.2, 0) is 41.6 Å². The lowest BCUT2D eigenvalue weighted by Gasteiger charge is -2.25. The van der Waals surface area contributed by atoms with E-state index in [2.05, 4.69) is 20.9 Å². The van der Waals surface area contributed by atoms with Gasteiger partial charge in [0.2, 0.25) is 23.6 Å². The lowest BCUT2D eigenvalue weighted by Crippen LogP contribution is -2.57. The summed E-state index contributed by atoms with van der Waals surface area (Å²) in [6.07, 6.45) is 0.280. The molecule has 4 amide bonds. The van der Waals surface area contributed by atoms with E-state index in [4.69, 9.17) is 11.5 Å². The van der Waals surface area contributed by atoms with Crippen molar-refractivity contribution in [3.63, 3.8) is 0 Å². The van der Waals surface area contributed by atoms with Gasteiger partial charge in [-0.15, -0.1) is 0 Å². The predicted octanol–water partition coefficient (Wildman–Crippen LogP) is -0.0503. The van der Waals surface area contributed by atoms with E-state index in [-0.39, 0.29) is 32.1 Å². The maximum Gasteiger partial charge on any atom is 0.326 e. The van der Waals surface area contributed by atoms with Crippen LogP contribution in [0.15, 0.2) is 60.8 Å². The fourth-order valence-electron chi connectivity index (χ4n) is 4.60. The van der Waals surface area contributed by atoms with E-state index in [1.54, 1.807) is 48.7 Å². The molecule has 0 aliphatic heterocycles. The molecule has 0 radical (unpaired) electrons. The van der Waals surface area contributed by atoms with Crippen LogP contribution in [0.2, 0.25) is 0 Å². The van der Waals surface area contributed by atoms with Crippen molar-refractivity contribution >= 4 is 46.5 Å². The number of H-pyrrole nitrogens is 1. The Balaban J connectivity index is 1.74. The van der Waals surface area contributed by atoms with E-state index in [0.29, 0.717) is 5.56 Å². The first-order valence-corrected chi connectivity index (χ1v) is 13.9. The first-order valence-electron chi connectivity index (χ1n) is 13.9. The topological polar surface area (TPSA) is 247 Å². The van der Waals surface area contributed by atoms with Gasteiger partial charge in [-0.25, -0.2) is 4.79 Å². The number of nitrogens with two attached hydrogens (primary N) is 2. The summed E-state index contributed by atoms with van der Waals surface area (Å²) in [5.41, 5.74) is 13.5. The molecule has 234 valence electrons. The van der Waals surface area contributed by atoms with Gasteiger partial charge in [-0.1, -0.05) is 48.5 Å². The number of hydrogen-bond donors (Lipinski definition) is 8. The van der Waals surface area contributed by atoms with Crippen molar-refractivity contribution in [2.75, 3.05) is 0 Å². The van der Waals surface area contributed by atoms with Gasteiger partial charge in [0.1, 0.15) is 18.1 Å². The average molecular weight is 609 g/mol. The van der Waals surface area contributed by atoms with Crippen LogP contribution in [0.4, 0.5) is 0 Å². The summed E-state index contributed by atoms with van der Waals surface area (Å²) in [5.74, 6) is -5.87. The smallest absolute Gasteiger partial charge is 0.326 e. The van der Waals surface area contributed by atoms with E-state index in [1.165, 1.54) is 0 Å². The number of carboxylic acids is 2. The molecule has 3 rings (SSSR count). The standard InChI is InChI=1S/C30H36N6O8/c31-20(14-17-6-2-1-3-7-17)27(40)34-23(11-13-26(38)39)28(41)35-22(10-12-25(32)37)29(42)36-24(30(43)44)15-18-16-33-21-9-5-4-8-19(18)21/h1-9,16,20,22-24,33H,10-15,31H2,(H2,32,37)(H,34,40)(H,35,41)(H,36,42)(H,38,39)(H,43,44). The molecule has 3 aromatic rings. The van der Waals surface area contributed by atoms with Crippen LogP contribution in [-0.4, -0.2) is 74.9 Å². The third-order valence-corrected chi connectivity index (χ3v) is 6.94. The van der Waals surface area contributed by atoms with Crippen LogP contribution in [0.3, 0.4) is 0 Å². The Morgan fingerprint density at radius 2 is 1.30 bits per heavy atom.